The Balaban J connectivity index is 3.74. The molecule has 0 heterocycles. The second-order valence-corrected chi connectivity index (χ2v) is 7.85. The molecule has 2 atom stereocenters. The van der Waals surface area contributed by atoms with Gasteiger partial charge in [0.25, 0.3) is 0 Å². The molecule has 0 aliphatic rings. The fourth-order valence-electron chi connectivity index (χ4n) is 1.98. The lowest BCUT2D eigenvalue weighted by molar-refractivity contribution is -0.142. The number of aliphatic carboxylic acids is 2. The molecule has 0 amide bonds. The highest BCUT2D eigenvalue weighted by molar-refractivity contribution is 7.57. The highest BCUT2D eigenvalue weighted by Gasteiger charge is 2.20. The van der Waals surface area contributed by atoms with Crippen LogP contribution < -0.4 is 0 Å². The number of hydrogen-bond acceptors (Lipinski definition) is 3. The summed E-state index contributed by atoms with van der Waals surface area (Å²) in [5, 5.41) is 17.5. The standard InChI is InChI=1S/C13H25O6P/c1-20(18,19)10-9-11(13(16)17)7-5-3-2-4-6-8-12(14)15/h11H,2-10H2,1H3,(H,14,15)(H,16,17)(H,18,19). The number of carboxylic acid groups (broad SMARTS) is 2. The molecule has 118 valence electrons. The van der Waals surface area contributed by atoms with Gasteiger partial charge in [0.1, 0.15) is 0 Å². The summed E-state index contributed by atoms with van der Waals surface area (Å²) in [6.45, 7) is 1.24. The molecule has 7 heteroatoms. The Morgan fingerprint density at radius 2 is 1.55 bits per heavy atom. The van der Waals surface area contributed by atoms with Gasteiger partial charge in [-0.15, -0.1) is 0 Å². The van der Waals surface area contributed by atoms with E-state index in [2.05, 4.69) is 0 Å². The van der Waals surface area contributed by atoms with E-state index in [1.165, 1.54) is 6.66 Å². The minimum Gasteiger partial charge on any atom is -0.481 e. The Labute approximate surface area is 119 Å². The van der Waals surface area contributed by atoms with E-state index in [0.717, 1.165) is 25.7 Å². The number of carbonyl (C=O) groups is 2. The zero-order valence-corrected chi connectivity index (χ0v) is 12.8. The summed E-state index contributed by atoms with van der Waals surface area (Å²) in [7, 11) is -3.14. The third-order valence-corrected chi connectivity index (χ3v) is 4.27. The number of rotatable bonds is 12. The van der Waals surface area contributed by atoms with Crippen molar-refractivity contribution in [1.29, 1.82) is 0 Å². The van der Waals surface area contributed by atoms with E-state index >= 15 is 0 Å². The molecule has 0 saturated heterocycles. The highest BCUT2D eigenvalue weighted by atomic mass is 31.2. The first-order valence-corrected chi connectivity index (χ1v) is 9.25. The summed E-state index contributed by atoms with van der Waals surface area (Å²) in [5.74, 6) is -2.26. The summed E-state index contributed by atoms with van der Waals surface area (Å²) in [4.78, 5) is 30.5. The Morgan fingerprint density at radius 1 is 1.00 bits per heavy atom. The van der Waals surface area contributed by atoms with Crippen LogP contribution in [0.25, 0.3) is 0 Å². The van der Waals surface area contributed by atoms with Crippen molar-refractivity contribution < 1.29 is 29.3 Å². The largest absolute Gasteiger partial charge is 0.481 e. The number of unbranched alkanes of at least 4 members (excludes halogenated alkanes) is 4. The molecule has 3 N–H and O–H groups in total. The van der Waals surface area contributed by atoms with E-state index in [0.29, 0.717) is 12.8 Å². The van der Waals surface area contributed by atoms with Crippen LogP contribution in [-0.2, 0) is 14.2 Å². The van der Waals surface area contributed by atoms with Crippen molar-refractivity contribution in [1.82, 2.24) is 0 Å². The Morgan fingerprint density at radius 3 is 2.05 bits per heavy atom. The Kier molecular flexibility index (Phi) is 9.51. The molecule has 0 aliphatic carbocycles. The van der Waals surface area contributed by atoms with Gasteiger partial charge >= 0.3 is 11.9 Å². The summed E-state index contributed by atoms with van der Waals surface area (Å²) in [6, 6.07) is 0. The average molecular weight is 308 g/mol. The molecule has 0 saturated carbocycles. The minimum absolute atomic E-state index is 0.0442. The molecule has 0 fully saturated rings. The van der Waals surface area contributed by atoms with E-state index in [1.807, 2.05) is 0 Å². The van der Waals surface area contributed by atoms with Crippen molar-refractivity contribution in [3.8, 4) is 0 Å². The molecule has 0 radical (unpaired) electrons. The van der Waals surface area contributed by atoms with Gasteiger partial charge in [-0.05, 0) is 19.3 Å². The first kappa shape index (κ1) is 19.1. The second-order valence-electron chi connectivity index (χ2n) is 5.30. The van der Waals surface area contributed by atoms with Gasteiger partial charge in [-0.3, -0.25) is 14.2 Å². The zero-order chi connectivity index (χ0) is 15.6. The molecule has 2 unspecified atom stereocenters. The van der Waals surface area contributed by atoms with Crippen LogP contribution in [0.5, 0.6) is 0 Å². The smallest absolute Gasteiger partial charge is 0.306 e. The van der Waals surface area contributed by atoms with Gasteiger partial charge in [0.05, 0.1) is 5.92 Å². The van der Waals surface area contributed by atoms with Gasteiger partial charge in [0.15, 0.2) is 7.37 Å². The molecule has 6 nitrogen and oxygen atoms in total. The maximum atomic E-state index is 11.2. The van der Waals surface area contributed by atoms with E-state index in [-0.39, 0.29) is 19.0 Å². The molecule has 0 aromatic rings. The average Bonchev–Trinajstić information content (AvgIpc) is 2.29. The zero-order valence-electron chi connectivity index (χ0n) is 12.0. The van der Waals surface area contributed by atoms with Crippen molar-refractivity contribution in [2.75, 3.05) is 12.8 Å². The number of hydrogen-bond donors (Lipinski definition) is 3. The van der Waals surface area contributed by atoms with Gasteiger partial charge in [0, 0.05) is 19.2 Å². The lowest BCUT2D eigenvalue weighted by Crippen LogP contribution is -2.15. The Bertz CT molecular complexity index is 349. The van der Waals surface area contributed by atoms with Gasteiger partial charge in [-0.2, -0.15) is 0 Å². The first-order chi connectivity index (χ1) is 9.22. The van der Waals surface area contributed by atoms with Crippen LogP contribution in [0.3, 0.4) is 0 Å². The van der Waals surface area contributed by atoms with Crippen LogP contribution in [0.2, 0.25) is 0 Å². The normalized spacial score (nSPS) is 15.5. The maximum Gasteiger partial charge on any atom is 0.306 e. The first-order valence-electron chi connectivity index (χ1n) is 6.96. The van der Waals surface area contributed by atoms with Crippen molar-refractivity contribution in [2.24, 2.45) is 5.92 Å². The molecule has 0 rings (SSSR count). The Hall–Kier alpha value is -0.870. The maximum absolute atomic E-state index is 11.2. The fraction of sp³-hybridized carbons (Fsp3) is 0.846. The third-order valence-electron chi connectivity index (χ3n) is 3.18. The monoisotopic (exact) mass is 308 g/mol. The SMILES string of the molecule is CP(=O)(O)CCC(CCCCCCCC(=O)O)C(=O)O. The summed E-state index contributed by atoms with van der Waals surface area (Å²) >= 11 is 0. The summed E-state index contributed by atoms with van der Waals surface area (Å²) in [6.07, 6.45) is 4.98. The molecule has 0 bridgehead atoms. The molecule has 0 aromatic heterocycles. The second kappa shape index (κ2) is 9.94. The lowest BCUT2D eigenvalue weighted by Gasteiger charge is -2.13. The van der Waals surface area contributed by atoms with E-state index in [4.69, 9.17) is 10.2 Å². The van der Waals surface area contributed by atoms with Crippen LogP contribution >= 0.6 is 7.37 Å². The van der Waals surface area contributed by atoms with Crippen LogP contribution in [-0.4, -0.2) is 39.9 Å². The highest BCUT2D eigenvalue weighted by Crippen LogP contribution is 2.37. The predicted molar refractivity (Wildman–Crippen MR) is 76.3 cm³/mol. The van der Waals surface area contributed by atoms with Crippen LogP contribution in [0.15, 0.2) is 0 Å². The fourth-order valence-corrected chi connectivity index (χ4v) is 2.77. The van der Waals surface area contributed by atoms with Crippen molar-refractivity contribution in [2.45, 2.75) is 51.4 Å². The molecular formula is C13H25O6P. The van der Waals surface area contributed by atoms with Gasteiger partial charge in [-0.25, -0.2) is 0 Å². The van der Waals surface area contributed by atoms with Crippen LogP contribution in [0, 0.1) is 5.92 Å². The van der Waals surface area contributed by atoms with Gasteiger partial charge in [-0.1, -0.05) is 25.7 Å². The van der Waals surface area contributed by atoms with E-state index < -0.39 is 25.2 Å². The molecule has 20 heavy (non-hydrogen) atoms. The van der Waals surface area contributed by atoms with Crippen LogP contribution in [0.1, 0.15) is 51.4 Å². The molecular weight excluding hydrogens is 283 g/mol. The quantitative estimate of drug-likeness (QED) is 0.377. The van der Waals surface area contributed by atoms with E-state index in [1.54, 1.807) is 0 Å². The molecule has 0 aromatic carbocycles. The van der Waals surface area contributed by atoms with Crippen LogP contribution in [0.4, 0.5) is 0 Å². The topological polar surface area (TPSA) is 112 Å². The minimum atomic E-state index is -3.14. The molecule has 0 spiro atoms. The number of carboxylic acids is 2. The summed E-state index contributed by atoms with van der Waals surface area (Å²) in [5.41, 5.74) is 0. The van der Waals surface area contributed by atoms with E-state index in [9.17, 15) is 19.0 Å². The predicted octanol–water partition coefficient (Wildman–Crippen LogP) is 2.79. The van der Waals surface area contributed by atoms with Gasteiger partial charge in [0.2, 0.25) is 0 Å². The van der Waals surface area contributed by atoms with Crippen molar-refractivity contribution >= 4 is 19.3 Å². The van der Waals surface area contributed by atoms with Crippen molar-refractivity contribution in [3.63, 3.8) is 0 Å². The van der Waals surface area contributed by atoms with Crippen molar-refractivity contribution in [3.05, 3.63) is 0 Å². The lowest BCUT2D eigenvalue weighted by atomic mass is 9.98. The summed E-state index contributed by atoms with van der Waals surface area (Å²) < 4.78 is 11.2. The third kappa shape index (κ3) is 12.2. The van der Waals surface area contributed by atoms with Gasteiger partial charge < -0.3 is 15.1 Å². The molecule has 0 aliphatic heterocycles.